The molecule has 0 aliphatic carbocycles. The molecule has 0 atom stereocenters. The van der Waals surface area contributed by atoms with Gasteiger partial charge in [-0.25, -0.2) is 9.38 Å². The molecule has 0 fully saturated rings. The van der Waals surface area contributed by atoms with Gasteiger partial charge in [-0.2, -0.15) is 13.2 Å². The zero-order valence-corrected chi connectivity index (χ0v) is 15.2. The Kier molecular flexibility index (Phi) is 6.13. The van der Waals surface area contributed by atoms with Crippen LogP contribution in [0.15, 0.2) is 35.3 Å². The highest BCUT2D eigenvalue weighted by molar-refractivity contribution is 6.31. The summed E-state index contributed by atoms with van der Waals surface area (Å²) in [4.78, 5) is 6.04. The first-order valence-electron chi connectivity index (χ1n) is 7.79. The largest absolute Gasteiger partial charge is 0.416 e. The molecule has 0 bridgehead atoms. The Hall–Kier alpha value is -2.28. The topological polar surface area (TPSA) is 27.6 Å². The van der Waals surface area contributed by atoms with Gasteiger partial charge in [0.2, 0.25) is 0 Å². The van der Waals surface area contributed by atoms with Gasteiger partial charge in [0.1, 0.15) is 5.82 Å². The molecule has 0 aliphatic rings. The van der Waals surface area contributed by atoms with Gasteiger partial charge in [-0.15, -0.1) is 0 Å². The van der Waals surface area contributed by atoms with E-state index in [-0.39, 0.29) is 10.7 Å². The minimum Gasteiger partial charge on any atom is -0.366 e. The lowest BCUT2D eigenvalue weighted by atomic mass is 10.1. The highest BCUT2D eigenvalue weighted by atomic mass is 35.5. The van der Waals surface area contributed by atoms with Gasteiger partial charge in [-0.05, 0) is 49.7 Å². The fraction of sp³-hybridized carbons (Fsp3) is 0.278. The van der Waals surface area contributed by atoms with Gasteiger partial charge in [0.25, 0.3) is 0 Å². The van der Waals surface area contributed by atoms with E-state index >= 15 is 0 Å². The van der Waals surface area contributed by atoms with Crippen LogP contribution in [0.3, 0.4) is 0 Å². The first kappa shape index (κ1) is 20.0. The summed E-state index contributed by atoms with van der Waals surface area (Å²) in [6.07, 6.45) is -2.97. The van der Waals surface area contributed by atoms with Crippen LogP contribution >= 0.6 is 11.6 Å². The summed E-state index contributed by atoms with van der Waals surface area (Å²) >= 11 is 5.78. The third-order valence-electron chi connectivity index (χ3n) is 3.74. The van der Waals surface area contributed by atoms with Crippen molar-refractivity contribution in [3.63, 3.8) is 0 Å². The lowest BCUT2D eigenvalue weighted by Crippen LogP contribution is -2.14. The molecule has 0 aliphatic heterocycles. The smallest absolute Gasteiger partial charge is 0.366 e. The molecule has 0 saturated carbocycles. The number of nitrogens with zero attached hydrogens (tertiary/aromatic N) is 2. The monoisotopic (exact) mass is 387 g/mol. The van der Waals surface area contributed by atoms with Crippen LogP contribution in [-0.4, -0.2) is 24.8 Å². The molecule has 0 spiro atoms. The molecule has 0 amide bonds. The number of rotatable bonds is 5. The van der Waals surface area contributed by atoms with E-state index < -0.39 is 17.6 Å². The van der Waals surface area contributed by atoms with Crippen LogP contribution in [0.25, 0.3) is 0 Å². The minimum atomic E-state index is -4.53. The van der Waals surface area contributed by atoms with E-state index in [1.54, 1.807) is 13.3 Å². The van der Waals surface area contributed by atoms with E-state index in [1.165, 1.54) is 18.2 Å². The molecular weight excluding hydrogens is 370 g/mol. The fourth-order valence-electron chi connectivity index (χ4n) is 2.15. The van der Waals surface area contributed by atoms with Crippen molar-refractivity contribution in [3.8, 4) is 0 Å². The molecule has 0 unspecified atom stereocenters. The van der Waals surface area contributed by atoms with Crippen LogP contribution in [0.5, 0.6) is 0 Å². The van der Waals surface area contributed by atoms with Crippen LogP contribution in [-0.2, 0) is 6.18 Å². The number of benzene rings is 2. The van der Waals surface area contributed by atoms with Gasteiger partial charge in [0.05, 0.1) is 17.6 Å². The van der Waals surface area contributed by atoms with Crippen molar-refractivity contribution in [3.05, 3.63) is 52.3 Å². The molecular formula is C18H18ClF4N3. The first-order valence-corrected chi connectivity index (χ1v) is 8.17. The maximum atomic E-state index is 13.9. The second kappa shape index (κ2) is 7.95. The molecule has 1 N–H and O–H groups in total. The molecule has 0 saturated heterocycles. The highest BCUT2D eigenvalue weighted by Gasteiger charge is 2.31. The Morgan fingerprint density at radius 3 is 2.50 bits per heavy atom. The van der Waals surface area contributed by atoms with Crippen molar-refractivity contribution >= 4 is 35.0 Å². The predicted octanol–water partition coefficient (Wildman–Crippen LogP) is 6.16. The third-order valence-corrected chi connectivity index (χ3v) is 3.96. The Morgan fingerprint density at radius 2 is 1.88 bits per heavy atom. The summed E-state index contributed by atoms with van der Waals surface area (Å²) in [7, 11) is 1.82. The molecule has 0 aromatic heterocycles. The van der Waals surface area contributed by atoms with Crippen LogP contribution in [0, 0.1) is 12.7 Å². The van der Waals surface area contributed by atoms with Crippen molar-refractivity contribution in [2.75, 3.05) is 18.9 Å². The van der Waals surface area contributed by atoms with Gasteiger partial charge in [-0.3, -0.25) is 0 Å². The van der Waals surface area contributed by atoms with Crippen LogP contribution in [0.4, 0.5) is 34.6 Å². The van der Waals surface area contributed by atoms with Gasteiger partial charge in [0.15, 0.2) is 0 Å². The molecule has 3 nitrogen and oxygen atoms in total. The maximum absolute atomic E-state index is 13.9. The van der Waals surface area contributed by atoms with Crippen molar-refractivity contribution in [1.82, 2.24) is 4.90 Å². The highest BCUT2D eigenvalue weighted by Crippen LogP contribution is 2.35. The molecule has 2 aromatic rings. The Morgan fingerprint density at radius 1 is 1.19 bits per heavy atom. The number of hydrogen-bond acceptors (Lipinski definition) is 2. The third kappa shape index (κ3) is 5.11. The SMILES string of the molecule is CCN(C)/C=N\c1cc(F)cc(Nc2cc(Cl)cc(C(F)(F)F)c2)c1C. The lowest BCUT2D eigenvalue weighted by Gasteiger charge is -2.15. The van der Waals surface area contributed by atoms with Crippen LogP contribution in [0.2, 0.25) is 5.02 Å². The molecule has 26 heavy (non-hydrogen) atoms. The summed E-state index contributed by atoms with van der Waals surface area (Å²) in [6.45, 7) is 4.37. The van der Waals surface area contributed by atoms with Gasteiger partial charge < -0.3 is 10.2 Å². The molecule has 2 rings (SSSR count). The summed E-state index contributed by atoms with van der Waals surface area (Å²) in [5, 5.41) is 2.73. The molecule has 2 aromatic carbocycles. The van der Waals surface area contributed by atoms with Crippen LogP contribution < -0.4 is 5.32 Å². The standard InChI is InChI=1S/C18H18ClF4N3/c1-4-26(3)10-24-16-8-14(20)9-17(11(16)2)25-15-6-12(18(21,22)23)5-13(19)7-15/h5-10,25H,4H2,1-3H3/b24-10-. The second-order valence-electron chi connectivity index (χ2n) is 5.77. The summed E-state index contributed by atoms with van der Waals surface area (Å²) < 4.78 is 52.7. The summed E-state index contributed by atoms with van der Waals surface area (Å²) in [6, 6.07) is 5.56. The van der Waals surface area contributed by atoms with Crippen molar-refractivity contribution < 1.29 is 17.6 Å². The summed E-state index contributed by atoms with van der Waals surface area (Å²) in [5.74, 6) is -0.553. The fourth-order valence-corrected chi connectivity index (χ4v) is 2.39. The lowest BCUT2D eigenvalue weighted by molar-refractivity contribution is -0.137. The predicted molar refractivity (Wildman–Crippen MR) is 97.3 cm³/mol. The van der Waals surface area contributed by atoms with Crippen molar-refractivity contribution in [1.29, 1.82) is 0 Å². The Labute approximate surface area is 154 Å². The Bertz CT molecular complexity index is 819. The Balaban J connectivity index is 2.40. The van der Waals surface area contributed by atoms with E-state index in [2.05, 4.69) is 10.3 Å². The molecule has 140 valence electrons. The van der Waals surface area contributed by atoms with E-state index in [0.29, 0.717) is 16.9 Å². The number of nitrogens with one attached hydrogen (secondary N) is 1. The molecule has 0 radical (unpaired) electrons. The zero-order valence-electron chi connectivity index (χ0n) is 14.5. The van der Waals surface area contributed by atoms with Gasteiger partial charge in [0, 0.05) is 30.0 Å². The average Bonchev–Trinajstić information content (AvgIpc) is 2.54. The number of anilines is 2. The van der Waals surface area contributed by atoms with E-state index in [4.69, 9.17) is 11.6 Å². The summed E-state index contributed by atoms with van der Waals surface area (Å²) in [5.41, 5.74) is 0.516. The van der Waals surface area contributed by atoms with Crippen molar-refractivity contribution in [2.45, 2.75) is 20.0 Å². The minimum absolute atomic E-state index is 0.0702. The normalized spacial score (nSPS) is 11.8. The van der Waals surface area contributed by atoms with Gasteiger partial charge in [-0.1, -0.05) is 11.6 Å². The molecule has 8 heteroatoms. The van der Waals surface area contributed by atoms with E-state index in [1.807, 2.05) is 18.9 Å². The first-order chi connectivity index (χ1) is 12.1. The van der Waals surface area contributed by atoms with Crippen molar-refractivity contribution in [2.24, 2.45) is 4.99 Å². The maximum Gasteiger partial charge on any atom is 0.416 e. The average molecular weight is 388 g/mol. The van der Waals surface area contributed by atoms with Gasteiger partial charge >= 0.3 is 6.18 Å². The number of hydrogen-bond donors (Lipinski definition) is 1. The molecule has 0 heterocycles. The van der Waals surface area contributed by atoms with E-state index in [0.717, 1.165) is 18.7 Å². The second-order valence-corrected chi connectivity index (χ2v) is 6.20. The quantitative estimate of drug-likeness (QED) is 0.378. The van der Waals surface area contributed by atoms with E-state index in [9.17, 15) is 17.6 Å². The number of aliphatic imine (C=N–C) groups is 1. The number of alkyl halides is 3. The number of halogens is 5. The zero-order chi connectivity index (χ0) is 19.5. The van der Waals surface area contributed by atoms with Crippen LogP contribution in [0.1, 0.15) is 18.1 Å².